The summed E-state index contributed by atoms with van der Waals surface area (Å²) in [6.45, 7) is 1.98. The minimum absolute atomic E-state index is 0.291. The summed E-state index contributed by atoms with van der Waals surface area (Å²) >= 11 is 5.98. The lowest BCUT2D eigenvalue weighted by atomic mass is 10.1. The molecule has 1 aromatic rings. The number of nitrogens with zero attached hydrogens (tertiary/aromatic N) is 1. The molecule has 1 saturated heterocycles. The number of nitrogens with two attached hydrogens (primary N) is 1. The van der Waals surface area contributed by atoms with Crippen LogP contribution < -0.4 is 10.6 Å². The van der Waals surface area contributed by atoms with E-state index in [-0.39, 0.29) is 0 Å². The van der Waals surface area contributed by atoms with Crippen LogP contribution in [0.1, 0.15) is 12.8 Å². The van der Waals surface area contributed by atoms with Crippen LogP contribution in [0.15, 0.2) is 12.3 Å². The molecule has 1 unspecified atom stereocenters. The van der Waals surface area contributed by atoms with Gasteiger partial charge in [0.25, 0.3) is 0 Å². The van der Waals surface area contributed by atoms with E-state index < -0.39 is 0 Å². The molecular formula is C9H14ClN3. The van der Waals surface area contributed by atoms with Crippen LogP contribution in [0.2, 0.25) is 5.15 Å². The Bertz CT molecular complexity index is 284. The van der Waals surface area contributed by atoms with Gasteiger partial charge in [-0.3, -0.25) is 0 Å². The van der Waals surface area contributed by atoms with Gasteiger partial charge in [-0.15, -0.1) is 0 Å². The Hall–Kier alpha value is -0.670. The quantitative estimate of drug-likeness (QED) is 0.722. The second-order valence-electron chi connectivity index (χ2n) is 3.53. The van der Waals surface area contributed by atoms with Crippen LogP contribution in [-0.2, 0) is 0 Å². The van der Waals surface area contributed by atoms with E-state index in [1.54, 1.807) is 0 Å². The third kappa shape index (κ3) is 1.81. The van der Waals surface area contributed by atoms with Crippen molar-refractivity contribution in [1.29, 1.82) is 0 Å². The van der Waals surface area contributed by atoms with E-state index in [4.69, 9.17) is 17.3 Å². The van der Waals surface area contributed by atoms with Crippen molar-refractivity contribution >= 4 is 17.3 Å². The highest BCUT2D eigenvalue weighted by atomic mass is 35.5. The summed E-state index contributed by atoms with van der Waals surface area (Å²) < 4.78 is 0. The lowest BCUT2D eigenvalue weighted by Gasteiger charge is -2.31. The number of rotatable bonds is 1. The van der Waals surface area contributed by atoms with Crippen molar-refractivity contribution in [1.82, 2.24) is 4.98 Å². The average molecular weight is 200 g/mol. The van der Waals surface area contributed by atoms with Gasteiger partial charge in [-0.2, -0.15) is 0 Å². The van der Waals surface area contributed by atoms with E-state index >= 15 is 0 Å². The standard InChI is InChI=1S/C9H14ClN3/c10-9-8(3-4-12-9)13-5-1-2-7(11)6-13/h3-4,7,12H,1-2,5-6,11H2. The normalized spacial score (nSPS) is 23.5. The predicted octanol–water partition coefficient (Wildman–Crippen LogP) is 1.60. The van der Waals surface area contributed by atoms with Crippen LogP contribution in [0.3, 0.4) is 0 Å². The highest BCUT2D eigenvalue weighted by molar-refractivity contribution is 6.32. The minimum atomic E-state index is 0.291. The molecule has 1 fully saturated rings. The van der Waals surface area contributed by atoms with Gasteiger partial charge in [0.15, 0.2) is 0 Å². The largest absolute Gasteiger partial charge is 0.368 e. The number of piperidine rings is 1. The van der Waals surface area contributed by atoms with E-state index in [1.165, 1.54) is 0 Å². The highest BCUT2D eigenvalue weighted by Gasteiger charge is 2.18. The van der Waals surface area contributed by atoms with E-state index in [1.807, 2.05) is 12.3 Å². The molecule has 0 aliphatic carbocycles. The molecule has 4 heteroatoms. The van der Waals surface area contributed by atoms with E-state index in [9.17, 15) is 0 Å². The lowest BCUT2D eigenvalue weighted by Crippen LogP contribution is -2.42. The smallest absolute Gasteiger partial charge is 0.129 e. The molecule has 13 heavy (non-hydrogen) atoms. The van der Waals surface area contributed by atoms with Crippen molar-refractivity contribution in [2.75, 3.05) is 18.0 Å². The molecule has 0 aromatic carbocycles. The number of nitrogens with one attached hydrogen (secondary N) is 1. The van der Waals surface area contributed by atoms with Crippen molar-refractivity contribution < 1.29 is 0 Å². The molecule has 2 heterocycles. The Balaban J connectivity index is 2.12. The molecule has 0 spiro atoms. The average Bonchev–Trinajstić information content (AvgIpc) is 2.51. The molecule has 72 valence electrons. The molecule has 0 amide bonds. The maximum Gasteiger partial charge on any atom is 0.129 e. The van der Waals surface area contributed by atoms with Crippen LogP contribution >= 0.6 is 11.6 Å². The first-order chi connectivity index (χ1) is 6.27. The SMILES string of the molecule is NC1CCCN(c2cc[nH]c2Cl)C1. The monoisotopic (exact) mass is 199 g/mol. The predicted molar refractivity (Wildman–Crippen MR) is 55.2 cm³/mol. The van der Waals surface area contributed by atoms with Crippen molar-refractivity contribution in [3.63, 3.8) is 0 Å². The number of aromatic nitrogens is 1. The molecule has 0 radical (unpaired) electrons. The first-order valence-electron chi connectivity index (χ1n) is 4.61. The number of hydrogen-bond donors (Lipinski definition) is 2. The van der Waals surface area contributed by atoms with Crippen LogP contribution in [0.25, 0.3) is 0 Å². The van der Waals surface area contributed by atoms with Gasteiger partial charge in [-0.1, -0.05) is 11.6 Å². The molecule has 1 aromatic heterocycles. The Morgan fingerprint density at radius 2 is 2.46 bits per heavy atom. The lowest BCUT2D eigenvalue weighted by molar-refractivity contribution is 0.506. The first-order valence-corrected chi connectivity index (χ1v) is 4.98. The summed E-state index contributed by atoms with van der Waals surface area (Å²) in [5.41, 5.74) is 6.97. The van der Waals surface area contributed by atoms with Crippen LogP contribution in [0.4, 0.5) is 5.69 Å². The second-order valence-corrected chi connectivity index (χ2v) is 3.90. The van der Waals surface area contributed by atoms with Crippen molar-refractivity contribution in [2.24, 2.45) is 5.73 Å². The fourth-order valence-corrected chi connectivity index (χ4v) is 2.06. The molecule has 1 aliphatic rings. The van der Waals surface area contributed by atoms with Gasteiger partial charge in [0.1, 0.15) is 5.15 Å². The maximum absolute atomic E-state index is 5.98. The summed E-state index contributed by atoms with van der Waals surface area (Å²) in [6.07, 6.45) is 4.14. The zero-order valence-electron chi connectivity index (χ0n) is 7.46. The minimum Gasteiger partial charge on any atom is -0.368 e. The number of aromatic amines is 1. The zero-order chi connectivity index (χ0) is 9.26. The Kier molecular flexibility index (Phi) is 2.47. The zero-order valence-corrected chi connectivity index (χ0v) is 8.22. The summed E-state index contributed by atoms with van der Waals surface area (Å²) in [6, 6.07) is 2.29. The Labute approximate surface area is 82.9 Å². The fourth-order valence-electron chi connectivity index (χ4n) is 1.81. The highest BCUT2D eigenvalue weighted by Crippen LogP contribution is 2.26. The molecular weight excluding hydrogens is 186 g/mol. The van der Waals surface area contributed by atoms with Gasteiger partial charge in [-0.25, -0.2) is 0 Å². The van der Waals surface area contributed by atoms with Gasteiger partial charge in [-0.05, 0) is 18.9 Å². The van der Waals surface area contributed by atoms with Gasteiger partial charge in [0, 0.05) is 25.3 Å². The van der Waals surface area contributed by atoms with Gasteiger partial charge >= 0.3 is 0 Å². The summed E-state index contributed by atoms with van der Waals surface area (Å²) in [5, 5.41) is 0.717. The maximum atomic E-state index is 5.98. The molecule has 3 N–H and O–H groups in total. The molecule has 3 nitrogen and oxygen atoms in total. The molecule has 2 rings (SSSR count). The summed E-state index contributed by atoms with van der Waals surface area (Å²) in [7, 11) is 0. The van der Waals surface area contributed by atoms with Crippen LogP contribution in [0.5, 0.6) is 0 Å². The van der Waals surface area contributed by atoms with Crippen molar-refractivity contribution in [2.45, 2.75) is 18.9 Å². The van der Waals surface area contributed by atoms with Gasteiger partial charge in [0.05, 0.1) is 5.69 Å². The molecule has 0 bridgehead atoms. The molecule has 0 saturated carbocycles. The van der Waals surface area contributed by atoms with Crippen LogP contribution in [-0.4, -0.2) is 24.1 Å². The van der Waals surface area contributed by atoms with Crippen molar-refractivity contribution in [3.05, 3.63) is 17.4 Å². The van der Waals surface area contributed by atoms with E-state index in [0.29, 0.717) is 11.2 Å². The number of halogens is 1. The third-order valence-electron chi connectivity index (χ3n) is 2.47. The number of anilines is 1. The fraction of sp³-hybridized carbons (Fsp3) is 0.556. The Morgan fingerprint density at radius 3 is 3.08 bits per heavy atom. The second kappa shape index (κ2) is 3.60. The topological polar surface area (TPSA) is 45.0 Å². The number of H-pyrrole nitrogens is 1. The summed E-state index contributed by atoms with van der Waals surface area (Å²) in [5.74, 6) is 0. The van der Waals surface area contributed by atoms with E-state index in [0.717, 1.165) is 31.6 Å². The van der Waals surface area contributed by atoms with Gasteiger partial charge < -0.3 is 15.6 Å². The van der Waals surface area contributed by atoms with Crippen molar-refractivity contribution in [3.8, 4) is 0 Å². The number of hydrogen-bond acceptors (Lipinski definition) is 2. The van der Waals surface area contributed by atoms with E-state index in [2.05, 4.69) is 9.88 Å². The third-order valence-corrected chi connectivity index (χ3v) is 2.78. The first kappa shape index (κ1) is 8.91. The van der Waals surface area contributed by atoms with Gasteiger partial charge in [0.2, 0.25) is 0 Å². The molecule has 1 aliphatic heterocycles. The Morgan fingerprint density at radius 1 is 1.62 bits per heavy atom. The summed E-state index contributed by atoms with van der Waals surface area (Å²) in [4.78, 5) is 5.21. The van der Waals surface area contributed by atoms with Crippen LogP contribution in [0, 0.1) is 0 Å². The molecule has 1 atom stereocenters.